The number of aromatic carboxylic acids is 1. The molecule has 9 heteroatoms. The predicted molar refractivity (Wildman–Crippen MR) is 73.2 cm³/mol. The lowest BCUT2D eigenvalue weighted by molar-refractivity contribution is -0.394. The topological polar surface area (TPSA) is 133 Å². The molecule has 0 aromatic heterocycles. The van der Waals surface area contributed by atoms with Gasteiger partial charge in [-0.2, -0.15) is 0 Å². The fourth-order valence-electron chi connectivity index (χ4n) is 1.72. The summed E-state index contributed by atoms with van der Waals surface area (Å²) in [5, 5.41) is 30.9. The van der Waals surface area contributed by atoms with Gasteiger partial charge >= 0.3 is 11.7 Å². The molecule has 22 heavy (non-hydrogen) atoms. The maximum Gasteiger partial charge on any atom is 0.342 e. The highest BCUT2D eigenvalue weighted by Crippen LogP contribution is 2.37. The van der Waals surface area contributed by atoms with Crippen LogP contribution in [0.5, 0.6) is 11.5 Å². The molecule has 0 fully saturated rings. The number of hydrogen-bond acceptors (Lipinski definition) is 6. The Labute approximate surface area is 122 Å². The number of ether oxygens (including phenoxy) is 1. The van der Waals surface area contributed by atoms with Crippen molar-refractivity contribution in [1.82, 2.24) is 0 Å². The number of carboxylic acid groups (broad SMARTS) is 1. The Kier molecular flexibility index (Phi) is 3.98. The molecule has 0 heterocycles. The molecule has 0 radical (unpaired) electrons. The number of benzene rings is 2. The highest BCUT2D eigenvalue weighted by atomic mass is 16.6. The number of rotatable bonds is 5. The number of hydrogen-bond donors (Lipinski definition) is 1. The van der Waals surface area contributed by atoms with E-state index in [0.29, 0.717) is 6.07 Å². The Hall–Kier alpha value is -3.49. The van der Waals surface area contributed by atoms with Gasteiger partial charge in [0.15, 0.2) is 0 Å². The lowest BCUT2D eigenvalue weighted by atomic mass is 10.1. The molecule has 0 aliphatic carbocycles. The second-order valence-electron chi connectivity index (χ2n) is 4.07. The maximum absolute atomic E-state index is 11.1. The molecule has 9 nitrogen and oxygen atoms in total. The largest absolute Gasteiger partial charge is 0.477 e. The third-order valence-corrected chi connectivity index (χ3v) is 2.67. The smallest absolute Gasteiger partial charge is 0.342 e. The summed E-state index contributed by atoms with van der Waals surface area (Å²) in [6, 6.07) is 9.28. The van der Waals surface area contributed by atoms with E-state index < -0.39 is 32.8 Å². The van der Waals surface area contributed by atoms with Gasteiger partial charge in [0.25, 0.3) is 5.69 Å². The summed E-state index contributed by atoms with van der Waals surface area (Å²) in [6.07, 6.45) is 0. The first-order valence-electron chi connectivity index (χ1n) is 5.83. The highest BCUT2D eigenvalue weighted by molar-refractivity contribution is 5.93. The van der Waals surface area contributed by atoms with Crippen LogP contribution in [0.25, 0.3) is 0 Å². The van der Waals surface area contributed by atoms with Crippen LogP contribution in [0, 0.1) is 20.2 Å². The lowest BCUT2D eigenvalue weighted by Crippen LogP contribution is -2.05. The number of carbonyl (C=O) groups is 1. The van der Waals surface area contributed by atoms with Crippen LogP contribution < -0.4 is 4.74 Å². The third-order valence-electron chi connectivity index (χ3n) is 2.67. The zero-order valence-electron chi connectivity index (χ0n) is 10.8. The van der Waals surface area contributed by atoms with Crippen molar-refractivity contribution in [1.29, 1.82) is 0 Å². The Bertz CT molecular complexity index is 758. The molecule has 2 aromatic carbocycles. The molecule has 0 saturated heterocycles. The minimum Gasteiger partial charge on any atom is -0.477 e. The molecule has 0 aliphatic rings. The summed E-state index contributed by atoms with van der Waals surface area (Å²) in [5.41, 5.74) is -2.26. The predicted octanol–water partition coefficient (Wildman–Crippen LogP) is 2.99. The van der Waals surface area contributed by atoms with Gasteiger partial charge < -0.3 is 9.84 Å². The van der Waals surface area contributed by atoms with E-state index in [2.05, 4.69) is 0 Å². The molecule has 0 amide bonds. The normalized spacial score (nSPS) is 10.0. The van der Waals surface area contributed by atoms with Gasteiger partial charge in [-0.3, -0.25) is 20.2 Å². The average molecular weight is 304 g/mol. The quantitative estimate of drug-likeness (QED) is 0.662. The molecule has 2 rings (SSSR count). The van der Waals surface area contributed by atoms with Crippen molar-refractivity contribution in [3.05, 3.63) is 68.3 Å². The van der Waals surface area contributed by atoms with Crippen LogP contribution in [0.3, 0.4) is 0 Å². The van der Waals surface area contributed by atoms with Crippen LogP contribution in [0.2, 0.25) is 0 Å². The second-order valence-corrected chi connectivity index (χ2v) is 4.07. The molecule has 112 valence electrons. The molecule has 0 aliphatic heterocycles. The third kappa shape index (κ3) is 2.98. The molecular weight excluding hydrogens is 296 g/mol. The van der Waals surface area contributed by atoms with E-state index in [-0.39, 0.29) is 11.5 Å². The summed E-state index contributed by atoms with van der Waals surface area (Å²) in [6.45, 7) is 0. The summed E-state index contributed by atoms with van der Waals surface area (Å²) in [4.78, 5) is 31.1. The van der Waals surface area contributed by atoms with Gasteiger partial charge in [0.2, 0.25) is 5.75 Å². The van der Waals surface area contributed by atoms with Gasteiger partial charge in [0, 0.05) is 6.07 Å². The van der Waals surface area contributed by atoms with Gasteiger partial charge in [0.1, 0.15) is 11.3 Å². The fraction of sp³-hybridized carbons (Fsp3) is 0. The van der Waals surface area contributed by atoms with Crippen LogP contribution in [0.15, 0.2) is 42.5 Å². The highest BCUT2D eigenvalue weighted by Gasteiger charge is 2.29. The van der Waals surface area contributed by atoms with E-state index in [4.69, 9.17) is 9.84 Å². The van der Waals surface area contributed by atoms with Crippen molar-refractivity contribution < 1.29 is 24.5 Å². The number of nitro benzene ring substituents is 2. The molecule has 0 bridgehead atoms. The zero-order chi connectivity index (χ0) is 16.3. The Balaban J connectivity index is 2.61. The average Bonchev–Trinajstić information content (AvgIpc) is 2.47. The van der Waals surface area contributed by atoms with Crippen molar-refractivity contribution >= 4 is 17.3 Å². The fourth-order valence-corrected chi connectivity index (χ4v) is 1.72. The van der Waals surface area contributed by atoms with E-state index >= 15 is 0 Å². The Morgan fingerprint density at radius 2 is 1.59 bits per heavy atom. The van der Waals surface area contributed by atoms with Gasteiger partial charge in [-0.1, -0.05) is 18.2 Å². The monoisotopic (exact) mass is 304 g/mol. The van der Waals surface area contributed by atoms with Gasteiger partial charge in [-0.25, -0.2) is 4.79 Å². The summed E-state index contributed by atoms with van der Waals surface area (Å²) >= 11 is 0. The van der Waals surface area contributed by atoms with Crippen molar-refractivity contribution in [3.63, 3.8) is 0 Å². The first-order chi connectivity index (χ1) is 10.4. The van der Waals surface area contributed by atoms with Gasteiger partial charge in [-0.05, 0) is 12.1 Å². The van der Waals surface area contributed by atoms with Crippen LogP contribution in [0.4, 0.5) is 11.4 Å². The number of nitro groups is 2. The zero-order valence-corrected chi connectivity index (χ0v) is 10.8. The van der Waals surface area contributed by atoms with Gasteiger partial charge in [0.05, 0.1) is 15.9 Å². The number of para-hydroxylation sites is 1. The van der Waals surface area contributed by atoms with E-state index in [1.807, 2.05) is 0 Å². The molecule has 0 spiro atoms. The summed E-state index contributed by atoms with van der Waals surface area (Å²) in [5.74, 6) is -1.74. The molecule has 2 aromatic rings. The second kappa shape index (κ2) is 5.87. The molecule has 0 unspecified atom stereocenters. The summed E-state index contributed by atoms with van der Waals surface area (Å²) in [7, 11) is 0. The van der Waals surface area contributed by atoms with E-state index in [0.717, 1.165) is 6.07 Å². The minimum absolute atomic E-state index is 0.232. The number of nitrogens with zero attached hydrogens (tertiary/aromatic N) is 2. The van der Waals surface area contributed by atoms with E-state index in [9.17, 15) is 25.0 Å². The Morgan fingerprint density at radius 3 is 2.09 bits per heavy atom. The van der Waals surface area contributed by atoms with Crippen LogP contribution in [0.1, 0.15) is 10.4 Å². The first-order valence-corrected chi connectivity index (χ1v) is 5.83. The first kappa shape index (κ1) is 14.9. The SMILES string of the molecule is O=C(O)c1cc(Oc2ccccc2)c([N+](=O)[O-])cc1[N+](=O)[O-]. The standard InChI is InChI=1S/C13H8N2O7/c16-13(17)9-6-12(22-8-4-2-1-3-5-8)11(15(20)21)7-10(9)14(18)19/h1-7H,(H,16,17). The molecule has 1 N–H and O–H groups in total. The molecule has 0 atom stereocenters. The minimum atomic E-state index is -1.58. The maximum atomic E-state index is 11.1. The van der Waals surface area contributed by atoms with Crippen LogP contribution >= 0.6 is 0 Å². The van der Waals surface area contributed by atoms with Crippen molar-refractivity contribution in [2.45, 2.75) is 0 Å². The van der Waals surface area contributed by atoms with Crippen molar-refractivity contribution in [2.75, 3.05) is 0 Å². The van der Waals surface area contributed by atoms with E-state index in [1.165, 1.54) is 12.1 Å². The number of carboxylic acids is 1. The Morgan fingerprint density at radius 1 is 1.00 bits per heavy atom. The van der Waals surface area contributed by atoms with Gasteiger partial charge in [-0.15, -0.1) is 0 Å². The van der Waals surface area contributed by atoms with Crippen molar-refractivity contribution in [2.24, 2.45) is 0 Å². The van der Waals surface area contributed by atoms with Crippen molar-refractivity contribution in [3.8, 4) is 11.5 Å². The molecule has 0 saturated carbocycles. The molecular formula is C13H8N2O7. The summed E-state index contributed by atoms with van der Waals surface area (Å²) < 4.78 is 5.27. The van der Waals surface area contributed by atoms with Crippen LogP contribution in [-0.4, -0.2) is 20.9 Å². The lowest BCUT2D eigenvalue weighted by Gasteiger charge is -2.07. The van der Waals surface area contributed by atoms with Crippen LogP contribution in [-0.2, 0) is 0 Å². The van der Waals surface area contributed by atoms with E-state index in [1.54, 1.807) is 18.2 Å².